The molecule has 0 amide bonds. The predicted octanol–water partition coefficient (Wildman–Crippen LogP) is 5.56. The topological polar surface area (TPSA) is 183 Å². The first-order valence-electron chi connectivity index (χ1n) is 21.5. The van der Waals surface area contributed by atoms with Gasteiger partial charge in [0.05, 0.1) is 31.2 Å². The maximum atomic E-state index is 15.0. The highest BCUT2D eigenvalue weighted by Crippen LogP contribution is 2.54. The quantitative estimate of drug-likeness (QED) is 0.104. The summed E-state index contributed by atoms with van der Waals surface area (Å²) in [6, 6.07) is 16.4. The van der Waals surface area contributed by atoms with Gasteiger partial charge < -0.3 is 40.3 Å². The Balaban J connectivity index is 1.34. The molecule has 2 fully saturated rings. The molecule has 316 valence electrons. The lowest BCUT2D eigenvalue weighted by Crippen LogP contribution is -2.63. The Labute approximate surface area is 350 Å². The number of carbonyl (C=O) groups is 3. The van der Waals surface area contributed by atoms with Crippen LogP contribution in [0.1, 0.15) is 104 Å². The summed E-state index contributed by atoms with van der Waals surface area (Å²) in [6.45, 7) is 3.62. The van der Waals surface area contributed by atoms with E-state index >= 15 is 4.79 Å². The molecule has 5 aliphatic rings. The van der Waals surface area contributed by atoms with Crippen LogP contribution in [0.4, 0.5) is 5.69 Å². The van der Waals surface area contributed by atoms with Crippen LogP contribution in [0, 0.1) is 35.5 Å². The van der Waals surface area contributed by atoms with E-state index in [0.29, 0.717) is 53.6 Å². The van der Waals surface area contributed by atoms with E-state index in [9.17, 15) is 35.1 Å². The van der Waals surface area contributed by atoms with E-state index < -0.39 is 53.6 Å². The van der Waals surface area contributed by atoms with Gasteiger partial charge in [0.2, 0.25) is 0 Å². The van der Waals surface area contributed by atoms with Gasteiger partial charge in [-0.15, -0.1) is 0 Å². The number of ketones is 1. The van der Waals surface area contributed by atoms with E-state index in [1.54, 1.807) is 25.1 Å². The minimum Gasteiger partial charge on any atom is -0.508 e. The van der Waals surface area contributed by atoms with Crippen LogP contribution < -0.4 is 10.1 Å². The molecule has 2 aliphatic carbocycles. The highest BCUT2D eigenvalue weighted by molar-refractivity contribution is 5.89. The molecule has 3 heterocycles. The number of aliphatic hydroxyl groups is 4. The molecule has 0 spiro atoms. The first-order chi connectivity index (χ1) is 28.8. The summed E-state index contributed by atoms with van der Waals surface area (Å²) in [7, 11) is 0. The molecule has 0 radical (unpaired) electrons. The second kappa shape index (κ2) is 17.2. The second-order valence-electron chi connectivity index (χ2n) is 17.7. The average Bonchev–Trinajstić information content (AvgIpc) is 3.22. The van der Waals surface area contributed by atoms with Crippen LogP contribution in [0.15, 0.2) is 66.2 Å². The van der Waals surface area contributed by atoms with Crippen LogP contribution in [-0.4, -0.2) is 73.7 Å². The summed E-state index contributed by atoms with van der Waals surface area (Å²) >= 11 is 0. The molecule has 11 heteroatoms. The maximum absolute atomic E-state index is 15.0. The number of rotatable bonds is 6. The molecule has 3 aromatic rings. The lowest BCUT2D eigenvalue weighted by Gasteiger charge is -2.56. The summed E-state index contributed by atoms with van der Waals surface area (Å²) in [5, 5.41) is 60.4. The molecule has 0 saturated heterocycles. The van der Waals surface area contributed by atoms with Crippen molar-refractivity contribution in [1.82, 2.24) is 0 Å². The number of aliphatic hydroxyl groups excluding tert-OH is 3. The molecule has 3 aromatic carbocycles. The first-order valence-corrected chi connectivity index (χ1v) is 21.5. The molecule has 11 nitrogen and oxygen atoms in total. The molecular formula is C49H55NO10. The summed E-state index contributed by atoms with van der Waals surface area (Å²) in [6.07, 6.45) is 1.71. The van der Waals surface area contributed by atoms with Gasteiger partial charge in [0, 0.05) is 60.5 Å². The van der Waals surface area contributed by atoms with Gasteiger partial charge in [-0.2, -0.15) is 0 Å². The Morgan fingerprint density at radius 3 is 2.48 bits per heavy atom. The maximum Gasteiger partial charge on any atom is 0.334 e. The minimum atomic E-state index is -1.60. The molecule has 10 atom stereocenters. The van der Waals surface area contributed by atoms with Crippen LogP contribution in [0.5, 0.6) is 11.5 Å². The van der Waals surface area contributed by atoms with E-state index in [2.05, 4.69) is 17.2 Å². The van der Waals surface area contributed by atoms with Gasteiger partial charge in [-0.3, -0.25) is 9.59 Å². The molecule has 10 bridgehead atoms. The third kappa shape index (κ3) is 8.35. The molecule has 8 rings (SSSR count). The number of anilines is 1. The third-order valence-electron chi connectivity index (χ3n) is 13.7. The van der Waals surface area contributed by atoms with Crippen molar-refractivity contribution in [2.24, 2.45) is 23.7 Å². The average molecular weight is 818 g/mol. The molecule has 0 aromatic heterocycles. The predicted molar refractivity (Wildman–Crippen MR) is 223 cm³/mol. The van der Waals surface area contributed by atoms with Gasteiger partial charge in [0.25, 0.3) is 0 Å². The van der Waals surface area contributed by atoms with Crippen molar-refractivity contribution in [3.63, 3.8) is 0 Å². The van der Waals surface area contributed by atoms with Crippen molar-refractivity contribution in [3.8, 4) is 23.3 Å². The van der Waals surface area contributed by atoms with Crippen molar-refractivity contribution in [1.29, 1.82) is 0 Å². The fraction of sp³-hybridized carbons (Fsp3) is 0.490. The fourth-order valence-electron chi connectivity index (χ4n) is 10.8. The zero-order chi connectivity index (χ0) is 42.3. The number of esters is 2. The number of phenolic OH excluding ortho intramolecular Hbond substituents is 1. The molecule has 60 heavy (non-hydrogen) atoms. The van der Waals surface area contributed by atoms with Crippen molar-refractivity contribution in [2.75, 3.05) is 11.9 Å². The number of benzene rings is 3. The Morgan fingerprint density at radius 2 is 1.72 bits per heavy atom. The third-order valence-corrected chi connectivity index (χ3v) is 13.7. The standard InChI is InChI=1S/C49H55NO10/c1-3-36-9-10-39-41-17-29-6-4-5-28(13-29)16-38(53)20-35-18-31(33-14-30(26-51)15-37(19-33)50-25-27(2)52)7-8-32-23-47(56)59-45-24-44(55)34(21-40(32)45)22-46(60-48(35)57)49(36,58)42(39)11-12-43(41)54/h4-6,13-15,19-21,24,27,31-32,36,38-39,41-42,46,50-53,55,58H,3,9-12,16-18,22-23,25-26H2,1-2H3. The summed E-state index contributed by atoms with van der Waals surface area (Å²) in [4.78, 5) is 41.9. The normalized spacial score (nSPS) is 30.6. The smallest absolute Gasteiger partial charge is 0.334 e. The van der Waals surface area contributed by atoms with Gasteiger partial charge in [0.15, 0.2) is 0 Å². The van der Waals surface area contributed by atoms with E-state index in [4.69, 9.17) is 9.47 Å². The molecule has 6 N–H and O–H groups in total. The number of nitrogens with one attached hydrogen (secondary N) is 1. The number of hydrogen-bond acceptors (Lipinski definition) is 11. The van der Waals surface area contributed by atoms with Crippen LogP contribution in [0.25, 0.3) is 0 Å². The number of Topliss-reactive ketones (excluding diaryl/α,β-unsaturated/α-hetero) is 1. The van der Waals surface area contributed by atoms with Crippen molar-refractivity contribution >= 4 is 23.4 Å². The molecule has 3 aliphatic heterocycles. The van der Waals surface area contributed by atoms with Gasteiger partial charge in [0.1, 0.15) is 29.0 Å². The van der Waals surface area contributed by atoms with Crippen LogP contribution in [0.3, 0.4) is 0 Å². The number of phenols is 1. The van der Waals surface area contributed by atoms with E-state index in [-0.39, 0.29) is 85.9 Å². The molecule has 2 saturated carbocycles. The number of ether oxygens (including phenoxy) is 2. The molecular weight excluding hydrogens is 763 g/mol. The highest BCUT2D eigenvalue weighted by atomic mass is 16.6. The Morgan fingerprint density at radius 1 is 0.933 bits per heavy atom. The first kappa shape index (κ1) is 41.7. The van der Waals surface area contributed by atoms with Gasteiger partial charge in [-0.1, -0.05) is 55.5 Å². The van der Waals surface area contributed by atoms with Gasteiger partial charge >= 0.3 is 11.9 Å². The highest BCUT2D eigenvalue weighted by Gasteiger charge is 2.59. The van der Waals surface area contributed by atoms with Crippen LogP contribution in [0.2, 0.25) is 0 Å². The van der Waals surface area contributed by atoms with E-state index in [0.717, 1.165) is 17.5 Å². The lowest BCUT2D eigenvalue weighted by atomic mass is 9.53. The lowest BCUT2D eigenvalue weighted by molar-refractivity contribution is -0.212. The van der Waals surface area contributed by atoms with Crippen LogP contribution in [-0.2, 0) is 45.0 Å². The number of hydrogen-bond donors (Lipinski definition) is 6. The summed E-state index contributed by atoms with van der Waals surface area (Å²) in [5.41, 5.74) is 3.15. The summed E-state index contributed by atoms with van der Waals surface area (Å²) in [5.74, 6) is 2.99. The Hall–Kier alpha value is -4.99. The van der Waals surface area contributed by atoms with Gasteiger partial charge in [-0.05, 0) is 109 Å². The number of carbonyl (C=O) groups excluding carboxylic acids is 3. The second-order valence-corrected chi connectivity index (χ2v) is 17.7. The monoisotopic (exact) mass is 817 g/mol. The van der Waals surface area contributed by atoms with Crippen molar-refractivity contribution in [2.45, 2.75) is 120 Å². The van der Waals surface area contributed by atoms with E-state index in [1.807, 2.05) is 37.3 Å². The van der Waals surface area contributed by atoms with Crippen molar-refractivity contribution in [3.05, 3.63) is 99.6 Å². The number of aromatic hydroxyl groups is 1. The molecule has 10 unspecified atom stereocenters. The fourth-order valence-corrected chi connectivity index (χ4v) is 10.8. The van der Waals surface area contributed by atoms with E-state index in [1.165, 1.54) is 12.1 Å². The van der Waals surface area contributed by atoms with Crippen molar-refractivity contribution < 1.29 is 49.4 Å². The Kier molecular flexibility index (Phi) is 11.9. The number of fused-ring (bicyclic) bond motifs is 7. The van der Waals surface area contributed by atoms with Gasteiger partial charge in [-0.25, -0.2) is 4.79 Å². The zero-order valence-corrected chi connectivity index (χ0v) is 34.2. The summed E-state index contributed by atoms with van der Waals surface area (Å²) < 4.78 is 12.3. The SMILES string of the molecule is CCC1CCC2C3Cc4cccc(c4)CC(O)C=C4CC(c5cc(CO)cc(NCC(C)O)c5)C#CC5CC(=O)Oc6cc(O)c(cc65)CC(OC4=O)C1(O)C2CCC3=O. The zero-order valence-electron chi connectivity index (χ0n) is 34.2. The minimum absolute atomic E-state index is 0.0362. The largest absolute Gasteiger partial charge is 0.508 e. The Bertz CT molecular complexity index is 2250. The van der Waals surface area contributed by atoms with Crippen LogP contribution >= 0.6 is 0 Å².